The maximum atomic E-state index is 15.4. The molecular formula is C29H26F5N5O5. The molecule has 44 heavy (non-hydrogen) atoms. The number of benzene rings is 2. The third kappa shape index (κ3) is 5.61. The Bertz CT molecular complexity index is 1630. The zero-order valence-electron chi connectivity index (χ0n) is 23.4. The maximum Gasteiger partial charge on any atom is 0.418 e. The minimum atomic E-state index is -4.85. The lowest BCUT2D eigenvalue weighted by atomic mass is 9.93. The molecule has 1 aromatic heterocycles. The molecule has 2 aliphatic rings. The van der Waals surface area contributed by atoms with E-state index >= 15 is 4.39 Å². The number of halogens is 5. The van der Waals surface area contributed by atoms with Gasteiger partial charge in [0.05, 0.1) is 6.20 Å². The van der Waals surface area contributed by atoms with Crippen molar-refractivity contribution in [3.05, 3.63) is 77.4 Å². The van der Waals surface area contributed by atoms with Gasteiger partial charge in [-0.15, -0.1) is 0 Å². The largest absolute Gasteiger partial charge is 0.427 e. The van der Waals surface area contributed by atoms with Crippen molar-refractivity contribution < 1.29 is 45.9 Å². The van der Waals surface area contributed by atoms with E-state index in [0.29, 0.717) is 20.9 Å². The molecule has 5 rings (SSSR count). The molecule has 1 fully saturated rings. The Kier molecular flexibility index (Phi) is 7.90. The summed E-state index contributed by atoms with van der Waals surface area (Å²) in [4.78, 5) is 52.1. The van der Waals surface area contributed by atoms with Crippen molar-refractivity contribution >= 4 is 23.8 Å². The van der Waals surface area contributed by atoms with Gasteiger partial charge in [-0.1, -0.05) is 24.3 Å². The molecule has 1 aliphatic heterocycles. The molecule has 2 aromatic carbocycles. The monoisotopic (exact) mass is 619 g/mol. The fourth-order valence-corrected chi connectivity index (χ4v) is 5.28. The number of carbonyl (C=O) groups excluding carboxylic acids is 4. The summed E-state index contributed by atoms with van der Waals surface area (Å²) in [6.07, 6.45) is -5.45. The van der Waals surface area contributed by atoms with E-state index in [-0.39, 0.29) is 29.1 Å². The van der Waals surface area contributed by atoms with Gasteiger partial charge < -0.3 is 15.0 Å². The Morgan fingerprint density at radius 1 is 1.14 bits per heavy atom. The number of rotatable bonds is 8. The molecule has 0 unspecified atom stereocenters. The first kappa shape index (κ1) is 30.6. The average Bonchev–Trinajstić information content (AvgIpc) is 3.62. The number of fused-ring (bicyclic) bond motifs is 2. The van der Waals surface area contributed by atoms with Gasteiger partial charge in [-0.3, -0.25) is 19.1 Å². The fraction of sp³-hybridized carbons (Fsp3) is 0.345. The molecule has 1 saturated heterocycles. The first-order valence-corrected chi connectivity index (χ1v) is 13.4. The molecule has 15 heteroatoms. The molecule has 3 atom stereocenters. The highest BCUT2D eigenvalue weighted by molar-refractivity contribution is 6.06. The highest BCUT2D eigenvalue weighted by atomic mass is 19.4. The predicted octanol–water partition coefficient (Wildman–Crippen LogP) is 4.00. The number of likely N-dealkylation sites (N-methyl/N-ethyl adjacent to an activating group) is 1. The molecule has 1 N–H and O–H groups in total. The van der Waals surface area contributed by atoms with E-state index in [4.69, 9.17) is 4.74 Å². The van der Waals surface area contributed by atoms with Crippen molar-refractivity contribution in [3.8, 4) is 11.1 Å². The Balaban J connectivity index is 1.39. The number of hydrogen-bond donors (Lipinski definition) is 1. The lowest BCUT2D eigenvalue weighted by molar-refractivity contribution is -0.187. The number of nitrogens with one attached hydrogen (secondary N) is 1. The molecule has 232 valence electrons. The summed E-state index contributed by atoms with van der Waals surface area (Å²) in [5.74, 6) is -3.21. The van der Waals surface area contributed by atoms with Gasteiger partial charge in [-0.25, -0.2) is 18.5 Å². The van der Waals surface area contributed by atoms with Crippen molar-refractivity contribution in [3.63, 3.8) is 0 Å². The van der Waals surface area contributed by atoms with Crippen LogP contribution in [0, 0.1) is 5.82 Å². The van der Waals surface area contributed by atoms with E-state index < -0.39 is 67.2 Å². The maximum absolute atomic E-state index is 15.4. The molecule has 1 aliphatic carbocycles. The normalized spacial score (nSPS) is 20.1. The minimum Gasteiger partial charge on any atom is -0.427 e. The van der Waals surface area contributed by atoms with E-state index in [1.807, 2.05) is 0 Å². The van der Waals surface area contributed by atoms with Crippen LogP contribution in [0.25, 0.3) is 11.1 Å². The summed E-state index contributed by atoms with van der Waals surface area (Å²) in [5, 5.41) is 6.58. The quantitative estimate of drug-likeness (QED) is 0.382. The van der Waals surface area contributed by atoms with Gasteiger partial charge in [0.15, 0.2) is 0 Å². The lowest BCUT2D eigenvalue weighted by Gasteiger charge is -2.31. The second kappa shape index (κ2) is 11.4. The van der Waals surface area contributed by atoms with Gasteiger partial charge in [0, 0.05) is 37.3 Å². The highest BCUT2D eigenvalue weighted by Gasteiger charge is 2.61. The first-order chi connectivity index (χ1) is 20.7. The summed E-state index contributed by atoms with van der Waals surface area (Å²) in [7, 11) is 1.48. The molecule has 0 radical (unpaired) electrons. The predicted molar refractivity (Wildman–Crippen MR) is 143 cm³/mol. The van der Waals surface area contributed by atoms with E-state index in [2.05, 4.69) is 10.4 Å². The molecular weight excluding hydrogens is 593 g/mol. The van der Waals surface area contributed by atoms with Crippen LogP contribution in [0.2, 0.25) is 0 Å². The number of aromatic nitrogens is 2. The fourth-order valence-electron chi connectivity index (χ4n) is 5.28. The van der Waals surface area contributed by atoms with Crippen LogP contribution in [-0.2, 0) is 37.8 Å². The third-order valence-electron chi connectivity index (χ3n) is 7.74. The van der Waals surface area contributed by atoms with Crippen molar-refractivity contribution in [2.75, 3.05) is 13.6 Å². The van der Waals surface area contributed by atoms with Crippen LogP contribution in [0.5, 0.6) is 0 Å². The van der Waals surface area contributed by atoms with Gasteiger partial charge in [-0.05, 0) is 41.8 Å². The molecule has 2 heterocycles. The number of carbonyl (C=O) groups is 4. The smallest absolute Gasteiger partial charge is 0.418 e. The van der Waals surface area contributed by atoms with Crippen LogP contribution in [0.15, 0.2) is 54.9 Å². The molecule has 3 aromatic rings. The average molecular weight is 620 g/mol. The molecule has 1 spiro atoms. The van der Waals surface area contributed by atoms with Crippen molar-refractivity contribution in [2.24, 2.45) is 0 Å². The summed E-state index contributed by atoms with van der Waals surface area (Å²) in [6, 6.07) is 6.56. The summed E-state index contributed by atoms with van der Waals surface area (Å²) in [6.45, 7) is -0.970. The number of ether oxygens (including phenoxy) is 1. The third-order valence-corrected chi connectivity index (χ3v) is 7.74. The van der Waals surface area contributed by atoms with E-state index in [1.54, 1.807) is 12.3 Å². The second-order valence-corrected chi connectivity index (χ2v) is 10.5. The van der Waals surface area contributed by atoms with Crippen LogP contribution in [0.3, 0.4) is 0 Å². The van der Waals surface area contributed by atoms with Crippen LogP contribution in [-0.4, -0.2) is 69.2 Å². The van der Waals surface area contributed by atoms with Crippen molar-refractivity contribution in [1.29, 1.82) is 0 Å². The second-order valence-electron chi connectivity index (χ2n) is 10.5. The van der Waals surface area contributed by atoms with Crippen LogP contribution in [0.1, 0.15) is 36.2 Å². The first-order valence-electron chi connectivity index (χ1n) is 13.4. The Labute approximate surface area is 247 Å². The van der Waals surface area contributed by atoms with Crippen molar-refractivity contribution in [2.45, 2.75) is 50.4 Å². The van der Waals surface area contributed by atoms with E-state index in [9.17, 15) is 36.7 Å². The number of hydrogen-bond acceptors (Lipinski definition) is 6. The van der Waals surface area contributed by atoms with Crippen LogP contribution >= 0.6 is 0 Å². The lowest BCUT2D eigenvalue weighted by Crippen LogP contribution is -2.51. The number of nitrogens with zero attached hydrogens (tertiary/aromatic N) is 4. The molecule has 4 amide bonds. The molecule has 0 saturated carbocycles. The van der Waals surface area contributed by atoms with Gasteiger partial charge in [0.1, 0.15) is 31.1 Å². The van der Waals surface area contributed by atoms with Gasteiger partial charge in [-0.2, -0.15) is 18.3 Å². The standard InChI is InChI=1S/C29H26F5N5O5/c1-16(29(32,33)34)38(12-17-3-6-20(30)7-4-17)25(41)15-39-26(42)28(44-27(39)43)10-23(31)21-9-18(5-8-22(21)28)19-11-36-37(13-19)14-24(40)35-2/h3-9,11,13,16,23H,10,12,14-15H2,1-2H3,(H,35,40)/t16-,23+,28+/m0/s1. The van der Waals surface area contributed by atoms with Crippen LogP contribution < -0.4 is 5.32 Å². The summed E-state index contributed by atoms with van der Waals surface area (Å²) < 4.78 is 76.5. The SMILES string of the molecule is CNC(=O)Cn1cc(-c2ccc3c(c2)[C@H](F)C[C@@]32OC(=O)N(CC(=O)N(Cc3ccc(F)cc3)[C@@H](C)C(F)(F)F)C2=O)cn1. The minimum absolute atomic E-state index is 0.0433. The van der Waals surface area contributed by atoms with Crippen LogP contribution in [0.4, 0.5) is 26.7 Å². The van der Waals surface area contributed by atoms with Crippen molar-refractivity contribution in [1.82, 2.24) is 24.9 Å². The Morgan fingerprint density at radius 3 is 2.50 bits per heavy atom. The Morgan fingerprint density at radius 2 is 1.84 bits per heavy atom. The van der Waals surface area contributed by atoms with Gasteiger partial charge in [0.25, 0.3) is 5.91 Å². The molecule has 10 nitrogen and oxygen atoms in total. The summed E-state index contributed by atoms with van der Waals surface area (Å²) >= 11 is 0. The number of amides is 4. The topological polar surface area (TPSA) is 114 Å². The zero-order chi connectivity index (χ0) is 32.0. The Hall–Kier alpha value is -4.82. The number of imide groups is 1. The summed E-state index contributed by atoms with van der Waals surface area (Å²) in [5.41, 5.74) is -0.764. The van der Waals surface area contributed by atoms with Gasteiger partial charge in [0.2, 0.25) is 17.4 Å². The van der Waals surface area contributed by atoms with E-state index in [0.717, 1.165) is 19.1 Å². The van der Waals surface area contributed by atoms with Gasteiger partial charge >= 0.3 is 12.3 Å². The number of alkyl halides is 4. The zero-order valence-corrected chi connectivity index (χ0v) is 23.4. The molecule has 0 bridgehead atoms. The highest BCUT2D eigenvalue weighted by Crippen LogP contribution is 2.52. The van der Waals surface area contributed by atoms with E-state index in [1.165, 1.54) is 42.2 Å².